The molecule has 14 nitrogen and oxygen atoms in total. The van der Waals surface area contributed by atoms with Crippen LogP contribution in [0.4, 0.5) is 0 Å². The second kappa shape index (κ2) is 6.95. The zero-order valence-electron chi connectivity index (χ0n) is 7.52. The first-order chi connectivity index (χ1) is 7.79. The molecule has 0 amide bonds. The number of tetrazole rings is 2. The van der Waals surface area contributed by atoms with Gasteiger partial charge in [-0.15, -0.1) is 10.2 Å². The van der Waals surface area contributed by atoms with Crippen LogP contribution in [-0.4, -0.2) is 61.6 Å². The predicted molar refractivity (Wildman–Crippen MR) is 40.9 cm³/mol. The summed E-state index contributed by atoms with van der Waals surface area (Å²) in [7, 11) is 0. The monoisotopic (exact) mass is 236 g/mol. The van der Waals surface area contributed by atoms with Gasteiger partial charge in [0, 0.05) is 0 Å². The van der Waals surface area contributed by atoms with Gasteiger partial charge < -0.3 is 20.8 Å². The van der Waals surface area contributed by atoms with Gasteiger partial charge in [-0.25, -0.2) is 11.8 Å². The van der Waals surface area contributed by atoms with Gasteiger partial charge in [0.2, 0.25) is 0 Å². The molecule has 0 aliphatic rings. The van der Waals surface area contributed by atoms with Gasteiger partial charge >= 0.3 is 0 Å². The summed E-state index contributed by atoms with van der Waals surface area (Å²) in [6.45, 7) is 0. The van der Waals surface area contributed by atoms with E-state index in [4.69, 9.17) is 20.8 Å². The molecule has 2 heterocycles. The van der Waals surface area contributed by atoms with Gasteiger partial charge in [0.15, 0.2) is 0 Å². The number of hydrogen-bond donors (Lipinski definition) is 6. The fourth-order valence-electron chi connectivity index (χ4n) is 0.634. The Morgan fingerprint density at radius 3 is 1.25 bits per heavy atom. The number of nitrogens with zero attached hydrogens (tertiary/aromatic N) is 8. The second-order valence-corrected chi connectivity index (χ2v) is 1.78. The van der Waals surface area contributed by atoms with Gasteiger partial charge in [-0.05, 0) is 20.9 Å². The largest absolute Gasteiger partial charge is 0.409 e. The summed E-state index contributed by atoms with van der Waals surface area (Å²) in [5.74, 6) is 6.70. The first-order valence-electron chi connectivity index (χ1n) is 3.26. The summed E-state index contributed by atoms with van der Waals surface area (Å²) in [5.41, 5.74) is 0. The van der Waals surface area contributed by atoms with Crippen LogP contribution >= 0.6 is 0 Å². The lowest BCUT2D eigenvalue weighted by molar-refractivity contribution is 0.131. The van der Waals surface area contributed by atoms with Gasteiger partial charge in [-0.3, -0.25) is 0 Å². The van der Waals surface area contributed by atoms with E-state index in [2.05, 4.69) is 42.8 Å². The third-order valence-electron chi connectivity index (χ3n) is 1.11. The van der Waals surface area contributed by atoms with E-state index in [1.165, 1.54) is 0 Å². The van der Waals surface area contributed by atoms with Crippen LogP contribution in [0.1, 0.15) is 0 Å². The molecule has 0 fully saturated rings. The Morgan fingerprint density at radius 2 is 1.06 bits per heavy atom. The molecule has 0 aliphatic heterocycles. The molecule has 0 aromatic carbocycles. The second-order valence-electron chi connectivity index (χ2n) is 1.78. The summed E-state index contributed by atoms with van der Waals surface area (Å²) < 4.78 is 0. The third-order valence-corrected chi connectivity index (χ3v) is 1.11. The molecule has 0 radical (unpaired) electrons. The Hall–Kier alpha value is -2.42. The van der Waals surface area contributed by atoms with Gasteiger partial charge in [-0.2, -0.15) is 0 Å². The zero-order chi connectivity index (χ0) is 12.6. The van der Waals surface area contributed by atoms with Crippen molar-refractivity contribution in [3.8, 4) is 11.6 Å². The van der Waals surface area contributed by atoms with Crippen LogP contribution in [0, 0.1) is 0 Å². The average molecular weight is 236 g/mol. The lowest BCUT2D eigenvalue weighted by Crippen LogP contribution is -2.03. The van der Waals surface area contributed by atoms with E-state index in [0.717, 1.165) is 0 Å². The predicted octanol–water partition coefficient (Wildman–Crippen LogP) is -3.53. The standard InChI is InChI=1S/C2H2N8O2.2H3NO/c11-9-1(3-5-7-9)2-4-6-8-10(2)12;2*1-2/h11-12H;2*2H,1H2. The Bertz CT molecular complexity index is 357. The fourth-order valence-corrected chi connectivity index (χ4v) is 0.634. The molecule has 0 saturated carbocycles. The van der Waals surface area contributed by atoms with E-state index < -0.39 is 0 Å². The average Bonchev–Trinajstić information content (AvgIpc) is 2.93. The SMILES string of the molecule is NO.NO.On1nnnc1-c1nnnn1O. The maximum atomic E-state index is 8.91. The lowest BCUT2D eigenvalue weighted by atomic mass is 10.6. The minimum Gasteiger partial charge on any atom is -0.409 e. The molecule has 2 aromatic heterocycles. The highest BCUT2D eigenvalue weighted by molar-refractivity contribution is 5.39. The summed E-state index contributed by atoms with van der Waals surface area (Å²) in [5, 5.41) is 49.9. The topological polar surface area (TPSA) is 220 Å². The highest BCUT2D eigenvalue weighted by Crippen LogP contribution is 2.06. The minimum atomic E-state index is -0.150. The first kappa shape index (κ1) is 13.6. The Morgan fingerprint density at radius 1 is 0.750 bits per heavy atom. The summed E-state index contributed by atoms with van der Waals surface area (Å²) in [6, 6.07) is 0. The van der Waals surface area contributed by atoms with Crippen molar-refractivity contribution in [2.45, 2.75) is 0 Å². The van der Waals surface area contributed by atoms with Gasteiger partial charge in [0.25, 0.3) is 11.6 Å². The molecule has 0 aliphatic carbocycles. The van der Waals surface area contributed by atoms with Crippen molar-refractivity contribution in [3.05, 3.63) is 0 Å². The molecule has 0 saturated heterocycles. The van der Waals surface area contributed by atoms with E-state index >= 15 is 0 Å². The van der Waals surface area contributed by atoms with Crippen molar-refractivity contribution in [1.82, 2.24) is 40.7 Å². The molecule has 0 bridgehead atoms. The normalized spacial score (nSPS) is 8.50. The Kier molecular flexibility index (Phi) is 5.90. The van der Waals surface area contributed by atoms with Crippen LogP contribution in [-0.2, 0) is 0 Å². The van der Waals surface area contributed by atoms with E-state index in [0.29, 0.717) is 9.69 Å². The highest BCUT2D eigenvalue weighted by Gasteiger charge is 2.15. The van der Waals surface area contributed by atoms with E-state index in [-0.39, 0.29) is 11.6 Å². The molecular weight excluding hydrogens is 228 g/mol. The number of hydrogen-bond acceptors (Lipinski definition) is 12. The third kappa shape index (κ3) is 2.78. The number of rotatable bonds is 1. The van der Waals surface area contributed by atoms with E-state index in [9.17, 15) is 0 Å². The number of aromatic nitrogens is 8. The molecule has 0 atom stereocenters. The van der Waals surface area contributed by atoms with Crippen molar-refractivity contribution in [1.29, 1.82) is 0 Å². The smallest absolute Gasteiger partial charge is 0.264 e. The molecule has 0 spiro atoms. The van der Waals surface area contributed by atoms with Crippen molar-refractivity contribution >= 4 is 0 Å². The van der Waals surface area contributed by atoms with Crippen LogP contribution in [0.25, 0.3) is 11.6 Å². The summed E-state index contributed by atoms with van der Waals surface area (Å²) >= 11 is 0. The number of nitrogens with two attached hydrogens (primary N) is 2. The molecule has 8 N–H and O–H groups in total. The van der Waals surface area contributed by atoms with Crippen LogP contribution in [0.3, 0.4) is 0 Å². The Labute approximate surface area is 86.1 Å². The maximum Gasteiger partial charge on any atom is 0.264 e. The van der Waals surface area contributed by atoms with Crippen LogP contribution in [0.5, 0.6) is 0 Å². The maximum absolute atomic E-state index is 8.91. The molecule has 14 heteroatoms. The summed E-state index contributed by atoms with van der Waals surface area (Å²) in [4.78, 5) is 0.691. The first-order valence-corrected chi connectivity index (χ1v) is 3.26. The highest BCUT2D eigenvalue weighted by atomic mass is 16.5. The molecule has 2 rings (SSSR count). The van der Waals surface area contributed by atoms with E-state index in [1.807, 2.05) is 0 Å². The van der Waals surface area contributed by atoms with Gasteiger partial charge in [0.05, 0.1) is 0 Å². The van der Waals surface area contributed by atoms with Crippen molar-refractivity contribution in [3.63, 3.8) is 0 Å². The molecule has 2 aromatic rings. The zero-order valence-corrected chi connectivity index (χ0v) is 7.52. The van der Waals surface area contributed by atoms with Crippen molar-refractivity contribution < 1.29 is 20.8 Å². The van der Waals surface area contributed by atoms with Crippen molar-refractivity contribution in [2.75, 3.05) is 0 Å². The summed E-state index contributed by atoms with van der Waals surface area (Å²) in [6.07, 6.45) is 0. The molecular formula is C2H8N10O4. The van der Waals surface area contributed by atoms with Crippen molar-refractivity contribution in [2.24, 2.45) is 11.8 Å². The minimum absolute atomic E-state index is 0.150. The van der Waals surface area contributed by atoms with Gasteiger partial charge in [-0.1, -0.05) is 9.69 Å². The molecule has 16 heavy (non-hydrogen) atoms. The van der Waals surface area contributed by atoms with Crippen LogP contribution in [0.2, 0.25) is 0 Å². The van der Waals surface area contributed by atoms with Crippen LogP contribution in [0.15, 0.2) is 0 Å². The lowest BCUT2D eigenvalue weighted by Gasteiger charge is -1.91. The molecule has 0 unspecified atom stereocenters. The Balaban J connectivity index is 0.000000509. The van der Waals surface area contributed by atoms with E-state index in [1.54, 1.807) is 0 Å². The van der Waals surface area contributed by atoms with Crippen LogP contribution < -0.4 is 11.8 Å². The molecule has 90 valence electrons. The van der Waals surface area contributed by atoms with Gasteiger partial charge in [0.1, 0.15) is 0 Å². The fraction of sp³-hybridized carbons (Fsp3) is 0. The quantitative estimate of drug-likeness (QED) is 0.209.